The van der Waals surface area contributed by atoms with E-state index < -0.39 is 5.97 Å². The van der Waals surface area contributed by atoms with Gasteiger partial charge in [-0.3, -0.25) is 4.79 Å². The van der Waals surface area contributed by atoms with Gasteiger partial charge in [-0.2, -0.15) is 5.26 Å². The monoisotopic (exact) mass is 429 g/mol. The highest BCUT2D eigenvalue weighted by atomic mass is 32.2. The lowest BCUT2D eigenvalue weighted by Gasteiger charge is -2.11. The van der Waals surface area contributed by atoms with Crippen LogP contribution in [0.25, 0.3) is 0 Å². The summed E-state index contributed by atoms with van der Waals surface area (Å²) in [7, 11) is 1.36. The number of carbonyl (C=O) groups excluding carboxylic acids is 2. The van der Waals surface area contributed by atoms with Crippen molar-refractivity contribution in [1.29, 1.82) is 5.26 Å². The number of pyridine rings is 1. The van der Waals surface area contributed by atoms with Gasteiger partial charge in [0, 0.05) is 22.7 Å². The van der Waals surface area contributed by atoms with Crippen molar-refractivity contribution in [2.75, 3.05) is 18.2 Å². The summed E-state index contributed by atoms with van der Waals surface area (Å²) in [5, 5.41) is 13.5. The molecule has 0 unspecified atom stereocenters. The summed E-state index contributed by atoms with van der Waals surface area (Å²) in [5.41, 5.74) is 3.82. The van der Waals surface area contributed by atoms with E-state index in [-0.39, 0.29) is 12.3 Å². The van der Waals surface area contributed by atoms with Crippen molar-refractivity contribution in [1.82, 2.24) is 4.98 Å². The Morgan fingerprint density at radius 2 is 2.10 bits per heavy atom. The Kier molecular flexibility index (Phi) is 6.93. The molecule has 1 amide bonds. The fraction of sp³-hybridized carbons (Fsp3) is 0.429. The summed E-state index contributed by atoms with van der Waals surface area (Å²) in [6, 6.07) is 4.07. The Morgan fingerprint density at radius 3 is 2.83 bits per heavy atom. The van der Waals surface area contributed by atoms with Gasteiger partial charge in [-0.1, -0.05) is 0 Å². The summed E-state index contributed by atoms with van der Waals surface area (Å²) in [6.45, 7) is 3.77. The Hall–Kier alpha value is -2.37. The first kappa shape index (κ1) is 21.3. The second kappa shape index (κ2) is 9.42. The third kappa shape index (κ3) is 4.80. The highest BCUT2D eigenvalue weighted by Gasteiger charge is 2.26. The van der Waals surface area contributed by atoms with Gasteiger partial charge < -0.3 is 10.1 Å². The molecule has 0 saturated heterocycles. The quantitative estimate of drug-likeness (QED) is 0.540. The molecule has 0 radical (unpaired) electrons. The van der Waals surface area contributed by atoms with Crippen LogP contribution in [0.3, 0.4) is 0 Å². The molecule has 0 aliphatic heterocycles. The molecule has 0 bridgehead atoms. The zero-order valence-corrected chi connectivity index (χ0v) is 18.4. The van der Waals surface area contributed by atoms with E-state index in [1.807, 2.05) is 19.9 Å². The zero-order valence-electron chi connectivity index (χ0n) is 16.8. The van der Waals surface area contributed by atoms with Crippen LogP contribution in [0, 0.1) is 25.2 Å². The summed E-state index contributed by atoms with van der Waals surface area (Å²) >= 11 is 2.88. The number of anilines is 1. The van der Waals surface area contributed by atoms with Crippen molar-refractivity contribution in [3.05, 3.63) is 38.9 Å². The molecule has 152 valence electrons. The maximum Gasteiger partial charge on any atom is 0.341 e. The highest BCUT2D eigenvalue weighted by molar-refractivity contribution is 7.99. The number of nitrogens with one attached hydrogen (secondary N) is 1. The summed E-state index contributed by atoms with van der Waals surface area (Å²) in [6.07, 6.45) is 4.18. The van der Waals surface area contributed by atoms with E-state index in [2.05, 4.69) is 16.4 Å². The van der Waals surface area contributed by atoms with Gasteiger partial charge in [0.1, 0.15) is 16.1 Å². The standard InChI is InChI=1S/C21H23N3O3S2/c1-12-10-13(2)23-19(15(12)11-22)28-9-8-17(25)24-20-18(21(26)27-3)14-6-4-5-7-16(14)29-20/h10H,4-9H2,1-3H3,(H,24,25). The van der Waals surface area contributed by atoms with Crippen molar-refractivity contribution in [2.45, 2.75) is 51.0 Å². The fourth-order valence-electron chi connectivity index (χ4n) is 3.44. The lowest BCUT2D eigenvalue weighted by atomic mass is 9.95. The molecule has 1 N–H and O–H groups in total. The SMILES string of the molecule is COC(=O)c1c(NC(=O)CCSc2nc(C)cc(C)c2C#N)sc2c1CCCC2. The second-order valence-corrected chi connectivity index (χ2v) is 9.11. The Bertz CT molecular complexity index is 992. The maximum absolute atomic E-state index is 12.5. The first-order valence-corrected chi connectivity index (χ1v) is 11.3. The predicted molar refractivity (Wildman–Crippen MR) is 115 cm³/mol. The van der Waals surface area contributed by atoms with Crippen molar-refractivity contribution >= 4 is 40.0 Å². The van der Waals surface area contributed by atoms with Crippen molar-refractivity contribution in [3.8, 4) is 6.07 Å². The number of carbonyl (C=O) groups is 2. The minimum absolute atomic E-state index is 0.163. The van der Waals surface area contributed by atoms with Gasteiger partial charge in [-0.25, -0.2) is 9.78 Å². The molecule has 2 aromatic heterocycles. The number of hydrogen-bond donors (Lipinski definition) is 1. The molecule has 2 aromatic rings. The van der Waals surface area contributed by atoms with E-state index in [1.54, 1.807) is 0 Å². The summed E-state index contributed by atoms with van der Waals surface area (Å²) < 4.78 is 4.94. The van der Waals surface area contributed by atoms with Crippen LogP contribution in [0.15, 0.2) is 11.1 Å². The van der Waals surface area contributed by atoms with Crippen molar-refractivity contribution in [3.63, 3.8) is 0 Å². The van der Waals surface area contributed by atoms with Crippen molar-refractivity contribution in [2.24, 2.45) is 0 Å². The van der Waals surface area contributed by atoms with E-state index in [4.69, 9.17) is 4.74 Å². The minimum atomic E-state index is -0.396. The number of ether oxygens (including phenoxy) is 1. The van der Waals surface area contributed by atoms with Gasteiger partial charge in [0.15, 0.2) is 0 Å². The zero-order chi connectivity index (χ0) is 21.0. The molecule has 0 aromatic carbocycles. The lowest BCUT2D eigenvalue weighted by Crippen LogP contribution is -2.15. The molecule has 0 atom stereocenters. The topological polar surface area (TPSA) is 92.1 Å². The number of thiophene rings is 1. The van der Waals surface area contributed by atoms with Crippen LogP contribution >= 0.6 is 23.1 Å². The molecular weight excluding hydrogens is 406 g/mol. The minimum Gasteiger partial charge on any atom is -0.465 e. The Morgan fingerprint density at radius 1 is 1.34 bits per heavy atom. The van der Waals surface area contributed by atoms with E-state index in [9.17, 15) is 14.9 Å². The van der Waals surface area contributed by atoms with Crippen LogP contribution in [0.5, 0.6) is 0 Å². The van der Waals surface area contributed by atoms with E-state index in [0.717, 1.165) is 42.5 Å². The van der Waals surface area contributed by atoms with Gasteiger partial charge in [0.2, 0.25) is 5.91 Å². The highest BCUT2D eigenvalue weighted by Crippen LogP contribution is 2.38. The van der Waals surface area contributed by atoms with Crippen LogP contribution in [0.4, 0.5) is 5.00 Å². The van der Waals surface area contributed by atoms with Gasteiger partial charge in [0.05, 0.1) is 18.2 Å². The number of hydrogen-bond acceptors (Lipinski definition) is 7. The number of aryl methyl sites for hydroxylation is 3. The first-order valence-electron chi connectivity index (χ1n) is 9.48. The van der Waals surface area contributed by atoms with Crippen LogP contribution in [-0.2, 0) is 22.4 Å². The molecule has 0 fully saturated rings. The number of aromatic nitrogens is 1. The van der Waals surface area contributed by atoms with E-state index in [1.165, 1.54) is 35.1 Å². The summed E-state index contributed by atoms with van der Waals surface area (Å²) in [4.78, 5) is 30.4. The number of esters is 1. The number of amides is 1. The van der Waals surface area contributed by atoms with Gasteiger partial charge in [0.25, 0.3) is 0 Å². The average molecular weight is 430 g/mol. The van der Waals surface area contributed by atoms with Gasteiger partial charge in [-0.15, -0.1) is 23.1 Å². The molecule has 3 rings (SSSR count). The largest absolute Gasteiger partial charge is 0.465 e. The molecule has 6 nitrogen and oxygen atoms in total. The lowest BCUT2D eigenvalue weighted by molar-refractivity contribution is -0.115. The van der Waals surface area contributed by atoms with E-state index >= 15 is 0 Å². The molecule has 0 saturated carbocycles. The maximum atomic E-state index is 12.5. The number of methoxy groups -OCH3 is 1. The molecular formula is C21H23N3O3S2. The molecule has 1 aliphatic carbocycles. The van der Waals surface area contributed by atoms with Crippen LogP contribution in [0.2, 0.25) is 0 Å². The average Bonchev–Trinajstić information content (AvgIpc) is 3.04. The van der Waals surface area contributed by atoms with Crippen LogP contribution in [0.1, 0.15) is 56.9 Å². The van der Waals surface area contributed by atoms with Gasteiger partial charge >= 0.3 is 5.97 Å². The van der Waals surface area contributed by atoms with Crippen molar-refractivity contribution < 1.29 is 14.3 Å². The normalized spacial score (nSPS) is 12.8. The third-order valence-corrected chi connectivity index (χ3v) is 6.99. The number of rotatable bonds is 6. The number of fused-ring (bicyclic) bond motifs is 1. The second-order valence-electron chi connectivity index (χ2n) is 6.93. The smallest absolute Gasteiger partial charge is 0.341 e. The Balaban J connectivity index is 1.67. The van der Waals surface area contributed by atoms with Crippen LogP contribution in [-0.4, -0.2) is 29.7 Å². The molecule has 2 heterocycles. The predicted octanol–water partition coefficient (Wildman–Crippen LogP) is 4.42. The molecule has 29 heavy (non-hydrogen) atoms. The number of nitriles is 1. The molecule has 1 aliphatic rings. The number of thioether (sulfide) groups is 1. The number of nitrogens with zero attached hydrogens (tertiary/aromatic N) is 2. The van der Waals surface area contributed by atoms with E-state index in [0.29, 0.717) is 26.9 Å². The van der Waals surface area contributed by atoms with Gasteiger partial charge in [-0.05, 0) is 56.7 Å². The fourth-order valence-corrected chi connectivity index (χ4v) is 5.78. The summed E-state index contributed by atoms with van der Waals surface area (Å²) in [5.74, 6) is -0.0639. The van der Waals surface area contributed by atoms with Crippen LogP contribution < -0.4 is 5.32 Å². The first-order chi connectivity index (χ1) is 13.9. The Labute approximate surface area is 178 Å². The third-order valence-electron chi connectivity index (χ3n) is 4.80. The molecule has 0 spiro atoms. The molecule has 8 heteroatoms.